The number of fused-ring (bicyclic) bond motifs is 1. The Bertz CT molecular complexity index is 626. The molecule has 0 bridgehead atoms. The number of hydrogen-bond donors (Lipinski definition) is 1. The van der Waals surface area contributed by atoms with Crippen LogP contribution in [0.1, 0.15) is 0 Å². The minimum atomic E-state index is 0.224. The summed E-state index contributed by atoms with van der Waals surface area (Å²) in [5.41, 5.74) is 1.14. The van der Waals surface area contributed by atoms with E-state index in [1.165, 1.54) is 4.26 Å². The SMILES string of the molecule is Oc1c(-c2ccccc2)[se]c2ccccc12. The fourth-order valence-electron chi connectivity index (χ4n) is 1.82. The van der Waals surface area contributed by atoms with Crippen LogP contribution < -0.4 is 0 Å². The van der Waals surface area contributed by atoms with Gasteiger partial charge in [0.2, 0.25) is 0 Å². The molecule has 1 heterocycles. The molecule has 0 saturated carbocycles. The average Bonchev–Trinajstić information content (AvgIpc) is 2.69. The third kappa shape index (κ3) is 1.47. The van der Waals surface area contributed by atoms with Crippen molar-refractivity contribution in [3.8, 4) is 15.8 Å². The normalized spacial score (nSPS) is 10.8. The Morgan fingerprint density at radius 3 is 2.25 bits per heavy atom. The quantitative estimate of drug-likeness (QED) is 0.675. The number of benzene rings is 2. The van der Waals surface area contributed by atoms with Crippen LogP contribution in [0.3, 0.4) is 0 Å². The van der Waals surface area contributed by atoms with E-state index in [1.807, 2.05) is 36.4 Å². The number of hydrogen-bond acceptors (Lipinski definition) is 1. The van der Waals surface area contributed by atoms with Gasteiger partial charge >= 0.3 is 99.6 Å². The van der Waals surface area contributed by atoms with E-state index in [1.54, 1.807) is 0 Å². The van der Waals surface area contributed by atoms with Crippen LogP contribution in [0.15, 0.2) is 54.6 Å². The molecule has 0 spiro atoms. The summed E-state index contributed by atoms with van der Waals surface area (Å²) < 4.78 is 2.36. The van der Waals surface area contributed by atoms with Gasteiger partial charge in [0.15, 0.2) is 0 Å². The van der Waals surface area contributed by atoms with Crippen molar-refractivity contribution >= 4 is 24.1 Å². The van der Waals surface area contributed by atoms with Gasteiger partial charge in [-0.25, -0.2) is 0 Å². The molecule has 1 nitrogen and oxygen atoms in total. The van der Waals surface area contributed by atoms with E-state index >= 15 is 0 Å². The summed E-state index contributed by atoms with van der Waals surface area (Å²) in [5.74, 6) is 0.460. The first-order valence-corrected chi connectivity index (χ1v) is 6.83. The zero-order valence-electron chi connectivity index (χ0n) is 8.55. The molecule has 78 valence electrons. The standard InChI is InChI=1S/C14H10OSe/c15-13-11-8-4-5-9-12(11)16-14(13)10-6-2-1-3-7-10/h1-9,15H. The van der Waals surface area contributed by atoms with Crippen molar-refractivity contribution in [3.63, 3.8) is 0 Å². The van der Waals surface area contributed by atoms with Crippen LogP contribution in [0.5, 0.6) is 5.75 Å². The number of aromatic hydroxyl groups is 1. The van der Waals surface area contributed by atoms with Crippen molar-refractivity contribution in [2.24, 2.45) is 0 Å². The summed E-state index contributed by atoms with van der Waals surface area (Å²) in [5, 5.41) is 11.2. The Balaban J connectivity index is 2.29. The van der Waals surface area contributed by atoms with Crippen molar-refractivity contribution in [1.29, 1.82) is 0 Å². The molecular formula is C14H10OSe. The van der Waals surface area contributed by atoms with Crippen molar-refractivity contribution in [2.75, 3.05) is 0 Å². The summed E-state index contributed by atoms with van der Waals surface area (Å²) in [6.07, 6.45) is 0. The Hall–Kier alpha value is -1.50. The fourth-order valence-corrected chi connectivity index (χ4v) is 4.13. The molecule has 0 fully saturated rings. The third-order valence-electron chi connectivity index (χ3n) is 2.61. The summed E-state index contributed by atoms with van der Waals surface area (Å²) in [6, 6.07) is 18.2. The topological polar surface area (TPSA) is 20.2 Å². The zero-order valence-corrected chi connectivity index (χ0v) is 10.3. The van der Waals surface area contributed by atoms with Crippen molar-refractivity contribution in [1.82, 2.24) is 0 Å². The second kappa shape index (κ2) is 3.82. The van der Waals surface area contributed by atoms with Crippen LogP contribution in [0.4, 0.5) is 0 Å². The van der Waals surface area contributed by atoms with Gasteiger partial charge in [0, 0.05) is 0 Å². The maximum absolute atomic E-state index is 10.2. The zero-order chi connectivity index (χ0) is 11.0. The molecule has 0 atom stereocenters. The molecular weight excluding hydrogens is 263 g/mol. The molecule has 0 radical (unpaired) electrons. The second-order valence-electron chi connectivity index (χ2n) is 3.64. The first kappa shape index (κ1) is 9.71. The van der Waals surface area contributed by atoms with Crippen molar-refractivity contribution in [3.05, 3.63) is 54.6 Å². The molecule has 1 N–H and O–H groups in total. The van der Waals surface area contributed by atoms with Crippen LogP contribution in [-0.2, 0) is 0 Å². The molecule has 16 heavy (non-hydrogen) atoms. The monoisotopic (exact) mass is 274 g/mol. The first-order valence-electron chi connectivity index (χ1n) is 5.12. The molecule has 2 heteroatoms. The molecule has 3 rings (SSSR count). The predicted molar refractivity (Wildman–Crippen MR) is 68.0 cm³/mol. The average molecular weight is 273 g/mol. The van der Waals surface area contributed by atoms with Gasteiger partial charge in [0.1, 0.15) is 0 Å². The fraction of sp³-hybridized carbons (Fsp3) is 0. The van der Waals surface area contributed by atoms with Crippen LogP contribution in [0.25, 0.3) is 19.6 Å². The predicted octanol–water partition coefficient (Wildman–Crippen LogP) is 3.27. The number of rotatable bonds is 1. The van der Waals surface area contributed by atoms with Crippen LogP contribution >= 0.6 is 0 Å². The van der Waals surface area contributed by atoms with Gasteiger partial charge in [-0.05, 0) is 0 Å². The third-order valence-corrected chi connectivity index (χ3v) is 5.14. The van der Waals surface area contributed by atoms with Gasteiger partial charge in [-0.1, -0.05) is 0 Å². The van der Waals surface area contributed by atoms with E-state index < -0.39 is 0 Å². The molecule has 3 aromatic rings. The van der Waals surface area contributed by atoms with Gasteiger partial charge in [-0.15, -0.1) is 0 Å². The van der Waals surface area contributed by atoms with Gasteiger partial charge in [0.25, 0.3) is 0 Å². The van der Waals surface area contributed by atoms with Gasteiger partial charge in [-0.3, -0.25) is 0 Å². The van der Waals surface area contributed by atoms with E-state index in [9.17, 15) is 5.11 Å². The van der Waals surface area contributed by atoms with Crippen molar-refractivity contribution in [2.45, 2.75) is 0 Å². The van der Waals surface area contributed by atoms with Gasteiger partial charge in [-0.2, -0.15) is 0 Å². The Labute approximate surface area is 99.7 Å². The molecule has 2 aromatic carbocycles. The Kier molecular flexibility index (Phi) is 2.32. The summed E-state index contributed by atoms with van der Waals surface area (Å²) in [6.45, 7) is 0. The van der Waals surface area contributed by atoms with Crippen LogP contribution in [-0.4, -0.2) is 19.6 Å². The summed E-state index contributed by atoms with van der Waals surface area (Å²) in [7, 11) is 0. The minimum absolute atomic E-state index is 0.224. The maximum atomic E-state index is 10.2. The van der Waals surface area contributed by atoms with E-state index in [2.05, 4.69) is 18.2 Å². The van der Waals surface area contributed by atoms with Crippen LogP contribution in [0, 0.1) is 0 Å². The van der Waals surface area contributed by atoms with Crippen LogP contribution in [0.2, 0.25) is 0 Å². The molecule has 0 saturated heterocycles. The first-order chi connectivity index (χ1) is 7.86. The van der Waals surface area contributed by atoms with E-state index in [0.29, 0.717) is 5.75 Å². The van der Waals surface area contributed by atoms with E-state index in [0.717, 1.165) is 15.4 Å². The van der Waals surface area contributed by atoms with Crippen molar-refractivity contribution < 1.29 is 5.11 Å². The summed E-state index contributed by atoms with van der Waals surface area (Å²) >= 11 is 0.224. The molecule has 0 aliphatic heterocycles. The molecule has 0 unspecified atom stereocenters. The molecule has 0 aliphatic rings. The summed E-state index contributed by atoms with van der Waals surface area (Å²) in [4.78, 5) is 0. The van der Waals surface area contributed by atoms with Gasteiger partial charge in [0.05, 0.1) is 0 Å². The van der Waals surface area contributed by atoms with E-state index in [4.69, 9.17) is 0 Å². The molecule has 0 amide bonds. The molecule has 1 aromatic heterocycles. The molecule has 0 aliphatic carbocycles. The van der Waals surface area contributed by atoms with E-state index in [-0.39, 0.29) is 14.5 Å². The Morgan fingerprint density at radius 2 is 1.50 bits per heavy atom. The van der Waals surface area contributed by atoms with Gasteiger partial charge < -0.3 is 0 Å². The second-order valence-corrected chi connectivity index (χ2v) is 5.85. The Morgan fingerprint density at radius 1 is 0.812 bits per heavy atom.